The Hall–Kier alpha value is -3.42. The van der Waals surface area contributed by atoms with Crippen LogP contribution in [0.5, 0.6) is 5.88 Å². The summed E-state index contributed by atoms with van der Waals surface area (Å²) in [5.74, 6) is 0.840. The molecular weight excluding hydrogens is 370 g/mol. The number of aryl methyl sites for hydroxylation is 1. The van der Waals surface area contributed by atoms with Gasteiger partial charge in [0.05, 0.1) is 12.8 Å². The van der Waals surface area contributed by atoms with Crippen LogP contribution in [0.15, 0.2) is 53.5 Å². The number of para-hydroxylation sites is 1. The topological polar surface area (TPSA) is 82.2 Å². The van der Waals surface area contributed by atoms with Crippen molar-refractivity contribution in [3.63, 3.8) is 0 Å². The summed E-state index contributed by atoms with van der Waals surface area (Å²) in [6.45, 7) is 1.13. The third kappa shape index (κ3) is 3.53. The Morgan fingerprint density at radius 3 is 2.72 bits per heavy atom. The number of methoxy groups -OCH3 is 1. The molecule has 0 spiro atoms. The van der Waals surface area contributed by atoms with E-state index in [1.54, 1.807) is 34.8 Å². The first-order chi connectivity index (χ1) is 14.1. The van der Waals surface area contributed by atoms with Gasteiger partial charge in [-0.15, -0.1) is 0 Å². The highest BCUT2D eigenvalue weighted by molar-refractivity contribution is 5.96. The highest BCUT2D eigenvalue weighted by Crippen LogP contribution is 2.28. The summed E-state index contributed by atoms with van der Waals surface area (Å²) in [5, 5.41) is 4.50. The lowest BCUT2D eigenvalue weighted by Gasteiger charge is -2.32. The normalized spacial score (nSPS) is 16.6. The van der Waals surface area contributed by atoms with Crippen LogP contribution in [0.3, 0.4) is 0 Å². The summed E-state index contributed by atoms with van der Waals surface area (Å²) >= 11 is 0. The van der Waals surface area contributed by atoms with Gasteiger partial charge in [0.25, 0.3) is 5.91 Å². The van der Waals surface area contributed by atoms with E-state index in [-0.39, 0.29) is 17.5 Å². The van der Waals surface area contributed by atoms with Gasteiger partial charge >= 0.3 is 5.69 Å². The maximum Gasteiger partial charge on any atom is 0.350 e. The zero-order chi connectivity index (χ0) is 20.4. The van der Waals surface area contributed by atoms with Crippen LogP contribution >= 0.6 is 0 Å². The molecular formula is C21H23N5O3. The van der Waals surface area contributed by atoms with Crippen LogP contribution in [0.2, 0.25) is 0 Å². The maximum absolute atomic E-state index is 13.1. The van der Waals surface area contributed by atoms with Gasteiger partial charge in [0, 0.05) is 32.3 Å². The van der Waals surface area contributed by atoms with Crippen molar-refractivity contribution in [2.24, 2.45) is 7.05 Å². The van der Waals surface area contributed by atoms with Crippen LogP contribution < -0.4 is 10.4 Å². The average Bonchev–Trinajstić information content (AvgIpc) is 3.08. The molecule has 1 fully saturated rings. The number of amides is 1. The van der Waals surface area contributed by atoms with Crippen molar-refractivity contribution in [1.82, 2.24) is 24.2 Å². The molecule has 0 radical (unpaired) electrons. The molecule has 1 aliphatic heterocycles. The van der Waals surface area contributed by atoms with E-state index in [2.05, 4.69) is 10.1 Å². The first-order valence-corrected chi connectivity index (χ1v) is 9.59. The zero-order valence-electron chi connectivity index (χ0n) is 16.5. The molecule has 1 saturated heterocycles. The second-order valence-electron chi connectivity index (χ2n) is 7.09. The number of ether oxygens (including phenoxy) is 1. The van der Waals surface area contributed by atoms with Gasteiger partial charge in [-0.2, -0.15) is 5.10 Å². The number of rotatable bonds is 4. The number of carbonyl (C=O) groups is 1. The highest BCUT2D eigenvalue weighted by atomic mass is 16.5. The Balaban J connectivity index is 1.66. The lowest BCUT2D eigenvalue weighted by atomic mass is 9.96. The average molecular weight is 393 g/mol. The lowest BCUT2D eigenvalue weighted by molar-refractivity contribution is 0.0699. The standard InChI is InChI=1S/C21H23N5O3/c1-24-21(28)26(16-9-4-3-5-10-16)18(23-24)15-8-7-13-25(14-15)20(27)17-11-6-12-22-19(17)29-2/h3-6,9-12,15H,7-8,13-14H2,1-2H3. The number of carbonyl (C=O) groups excluding carboxylic acids is 1. The molecule has 0 N–H and O–H groups in total. The third-order valence-electron chi connectivity index (χ3n) is 5.23. The van der Waals surface area contributed by atoms with Crippen LogP contribution in [-0.4, -0.2) is 50.3 Å². The Labute approximate surface area is 168 Å². The van der Waals surface area contributed by atoms with Crippen molar-refractivity contribution >= 4 is 5.91 Å². The Morgan fingerprint density at radius 2 is 1.97 bits per heavy atom. The second-order valence-corrected chi connectivity index (χ2v) is 7.09. The fourth-order valence-corrected chi connectivity index (χ4v) is 3.83. The van der Waals surface area contributed by atoms with E-state index < -0.39 is 0 Å². The molecule has 8 heteroatoms. The molecule has 1 atom stereocenters. The molecule has 8 nitrogen and oxygen atoms in total. The molecule has 29 heavy (non-hydrogen) atoms. The quantitative estimate of drug-likeness (QED) is 0.677. The number of likely N-dealkylation sites (tertiary alicyclic amines) is 1. The number of hydrogen-bond donors (Lipinski definition) is 0. The monoisotopic (exact) mass is 393 g/mol. The first kappa shape index (κ1) is 18.9. The van der Waals surface area contributed by atoms with E-state index >= 15 is 0 Å². The number of piperidine rings is 1. The lowest BCUT2D eigenvalue weighted by Crippen LogP contribution is -2.40. The Morgan fingerprint density at radius 1 is 1.17 bits per heavy atom. The summed E-state index contributed by atoms with van der Waals surface area (Å²) in [4.78, 5) is 31.7. The van der Waals surface area contributed by atoms with Crippen molar-refractivity contribution in [2.75, 3.05) is 20.2 Å². The summed E-state index contributed by atoms with van der Waals surface area (Å²) in [5.41, 5.74) is 1.03. The number of pyridine rings is 1. The molecule has 150 valence electrons. The number of benzene rings is 1. The fraction of sp³-hybridized carbons (Fsp3) is 0.333. The fourth-order valence-electron chi connectivity index (χ4n) is 3.83. The first-order valence-electron chi connectivity index (χ1n) is 9.59. The molecule has 1 amide bonds. The number of hydrogen-bond acceptors (Lipinski definition) is 5. The summed E-state index contributed by atoms with van der Waals surface area (Å²) in [6, 6.07) is 12.9. The van der Waals surface area contributed by atoms with Crippen molar-refractivity contribution in [3.05, 3.63) is 70.5 Å². The van der Waals surface area contributed by atoms with Crippen LogP contribution in [0.1, 0.15) is 34.9 Å². The molecule has 0 bridgehead atoms. The van der Waals surface area contributed by atoms with Crippen LogP contribution in [-0.2, 0) is 7.05 Å². The van der Waals surface area contributed by atoms with Gasteiger partial charge in [0.15, 0.2) is 0 Å². The summed E-state index contributed by atoms with van der Waals surface area (Å²) in [6.07, 6.45) is 3.29. The van der Waals surface area contributed by atoms with Crippen molar-refractivity contribution in [1.29, 1.82) is 0 Å². The Kier molecular flexibility index (Phi) is 5.16. The van der Waals surface area contributed by atoms with Gasteiger partial charge in [0.1, 0.15) is 11.4 Å². The Bertz CT molecular complexity index is 1070. The minimum absolute atomic E-state index is 0.0375. The number of aromatic nitrogens is 4. The van der Waals surface area contributed by atoms with Crippen LogP contribution in [0, 0.1) is 0 Å². The predicted octanol–water partition coefficient (Wildman–Crippen LogP) is 1.99. The van der Waals surface area contributed by atoms with Gasteiger partial charge < -0.3 is 9.64 Å². The predicted molar refractivity (Wildman–Crippen MR) is 107 cm³/mol. The minimum atomic E-state index is -0.191. The van der Waals surface area contributed by atoms with E-state index in [1.165, 1.54) is 11.8 Å². The third-order valence-corrected chi connectivity index (χ3v) is 5.23. The molecule has 1 aliphatic rings. The van der Waals surface area contributed by atoms with E-state index in [9.17, 15) is 9.59 Å². The molecule has 1 aromatic carbocycles. The molecule has 0 aliphatic carbocycles. The van der Waals surface area contributed by atoms with Gasteiger partial charge in [0.2, 0.25) is 5.88 Å². The van der Waals surface area contributed by atoms with E-state index in [0.29, 0.717) is 30.4 Å². The van der Waals surface area contributed by atoms with Crippen LogP contribution in [0.25, 0.3) is 5.69 Å². The molecule has 3 heterocycles. The largest absolute Gasteiger partial charge is 0.480 e. The van der Waals surface area contributed by atoms with E-state index in [1.807, 2.05) is 30.3 Å². The summed E-state index contributed by atoms with van der Waals surface area (Å²) in [7, 11) is 3.15. The van der Waals surface area contributed by atoms with Gasteiger partial charge in [-0.1, -0.05) is 18.2 Å². The molecule has 0 saturated carbocycles. The van der Waals surface area contributed by atoms with Gasteiger partial charge in [-0.25, -0.2) is 19.0 Å². The van der Waals surface area contributed by atoms with Crippen molar-refractivity contribution in [2.45, 2.75) is 18.8 Å². The number of nitrogens with zero attached hydrogens (tertiary/aromatic N) is 5. The highest BCUT2D eigenvalue weighted by Gasteiger charge is 2.31. The second kappa shape index (κ2) is 7.90. The van der Waals surface area contributed by atoms with E-state index in [4.69, 9.17) is 4.74 Å². The van der Waals surface area contributed by atoms with Crippen molar-refractivity contribution < 1.29 is 9.53 Å². The maximum atomic E-state index is 13.1. The smallest absolute Gasteiger partial charge is 0.350 e. The molecule has 2 aromatic heterocycles. The van der Waals surface area contributed by atoms with Gasteiger partial charge in [-0.05, 0) is 37.1 Å². The summed E-state index contributed by atoms with van der Waals surface area (Å²) < 4.78 is 8.24. The van der Waals surface area contributed by atoms with Gasteiger partial charge in [-0.3, -0.25) is 4.79 Å². The molecule has 4 rings (SSSR count). The SMILES string of the molecule is COc1ncccc1C(=O)N1CCCC(c2nn(C)c(=O)n2-c2ccccc2)C1. The van der Waals surface area contributed by atoms with Crippen LogP contribution in [0.4, 0.5) is 0 Å². The molecule has 3 aromatic rings. The minimum Gasteiger partial charge on any atom is -0.480 e. The van der Waals surface area contributed by atoms with E-state index in [0.717, 1.165) is 18.5 Å². The molecule has 1 unspecified atom stereocenters. The zero-order valence-corrected chi connectivity index (χ0v) is 16.5. The van der Waals surface area contributed by atoms with Crippen molar-refractivity contribution in [3.8, 4) is 11.6 Å².